The molecule has 2 heterocycles. The minimum atomic E-state index is -0.193. The molecule has 0 N–H and O–H groups in total. The topological polar surface area (TPSA) is 50.5 Å². The van der Waals surface area contributed by atoms with Gasteiger partial charge in [0.25, 0.3) is 0 Å². The van der Waals surface area contributed by atoms with Crippen molar-refractivity contribution in [1.29, 1.82) is 0 Å². The molecule has 0 bridgehead atoms. The zero-order valence-electron chi connectivity index (χ0n) is 12.5. The molecule has 2 aliphatic rings. The van der Waals surface area contributed by atoms with E-state index in [9.17, 15) is 9.59 Å². The number of benzene rings is 1. The van der Waals surface area contributed by atoms with Crippen molar-refractivity contribution in [3.05, 3.63) is 52.8 Å². The van der Waals surface area contributed by atoms with E-state index < -0.39 is 0 Å². The summed E-state index contributed by atoms with van der Waals surface area (Å²) in [5, 5.41) is 0. The zero-order valence-corrected chi connectivity index (χ0v) is 12.5. The third-order valence-corrected chi connectivity index (χ3v) is 4.68. The predicted molar refractivity (Wildman–Crippen MR) is 82.6 cm³/mol. The molecule has 1 aromatic heterocycles. The highest BCUT2D eigenvalue weighted by Crippen LogP contribution is 2.34. The molecule has 0 unspecified atom stereocenters. The number of ketones is 2. The van der Waals surface area contributed by atoms with Crippen LogP contribution in [0.2, 0.25) is 0 Å². The van der Waals surface area contributed by atoms with Crippen molar-refractivity contribution >= 4 is 17.5 Å². The van der Waals surface area contributed by atoms with E-state index in [-0.39, 0.29) is 17.3 Å². The number of anilines is 1. The Morgan fingerprint density at radius 2 is 1.64 bits per heavy atom. The van der Waals surface area contributed by atoms with Crippen molar-refractivity contribution in [2.45, 2.75) is 19.8 Å². The van der Waals surface area contributed by atoms with Crippen molar-refractivity contribution in [2.75, 3.05) is 18.0 Å². The maximum Gasteiger partial charge on any atom is 0.229 e. The molecule has 4 nitrogen and oxygen atoms in total. The van der Waals surface area contributed by atoms with E-state index in [0.717, 1.165) is 25.9 Å². The Balaban J connectivity index is 1.74. The monoisotopic (exact) mass is 295 g/mol. The van der Waals surface area contributed by atoms with Gasteiger partial charge in [0.2, 0.25) is 5.78 Å². The van der Waals surface area contributed by atoms with Crippen LogP contribution in [0.5, 0.6) is 0 Å². The number of furan rings is 1. The van der Waals surface area contributed by atoms with Gasteiger partial charge in [-0.05, 0) is 18.8 Å². The molecule has 4 rings (SSSR count). The highest BCUT2D eigenvalue weighted by Gasteiger charge is 2.34. The normalized spacial score (nSPS) is 18.3. The number of hydrogen-bond donors (Lipinski definition) is 0. The molecule has 0 amide bonds. The van der Waals surface area contributed by atoms with Crippen LogP contribution in [-0.4, -0.2) is 24.7 Å². The molecule has 0 radical (unpaired) electrons. The second-order valence-corrected chi connectivity index (χ2v) is 6.20. The maximum atomic E-state index is 12.6. The second kappa shape index (κ2) is 4.83. The smallest absolute Gasteiger partial charge is 0.229 e. The number of fused-ring (bicyclic) bond motifs is 2. The highest BCUT2D eigenvalue weighted by atomic mass is 16.4. The largest absolute Gasteiger partial charge is 0.436 e. The van der Waals surface area contributed by atoms with Gasteiger partial charge >= 0.3 is 0 Å². The molecular weight excluding hydrogens is 278 g/mol. The lowest BCUT2D eigenvalue weighted by Gasteiger charge is -2.29. The van der Waals surface area contributed by atoms with Crippen LogP contribution >= 0.6 is 0 Å². The van der Waals surface area contributed by atoms with Crippen LogP contribution in [0.4, 0.5) is 5.88 Å². The lowest BCUT2D eigenvalue weighted by molar-refractivity contribution is 0.0960. The number of carbonyl (C=O) groups is 2. The first-order valence-electron chi connectivity index (χ1n) is 7.72. The fraction of sp³-hybridized carbons (Fsp3) is 0.333. The van der Waals surface area contributed by atoms with E-state index in [1.807, 2.05) is 0 Å². The number of piperidine rings is 1. The van der Waals surface area contributed by atoms with Crippen molar-refractivity contribution in [3.8, 4) is 0 Å². The Morgan fingerprint density at radius 1 is 1.00 bits per heavy atom. The summed E-state index contributed by atoms with van der Waals surface area (Å²) in [6.45, 7) is 4.06. The van der Waals surface area contributed by atoms with E-state index >= 15 is 0 Å². The van der Waals surface area contributed by atoms with Gasteiger partial charge < -0.3 is 9.32 Å². The van der Waals surface area contributed by atoms with Crippen LogP contribution in [0, 0.1) is 5.92 Å². The first kappa shape index (κ1) is 13.3. The van der Waals surface area contributed by atoms with Gasteiger partial charge in [0.05, 0.1) is 5.56 Å². The van der Waals surface area contributed by atoms with Gasteiger partial charge in [-0.1, -0.05) is 31.2 Å². The van der Waals surface area contributed by atoms with E-state index in [2.05, 4.69) is 11.8 Å². The van der Waals surface area contributed by atoms with Crippen LogP contribution < -0.4 is 4.90 Å². The molecule has 0 atom stereocenters. The quantitative estimate of drug-likeness (QED) is 0.691. The van der Waals surface area contributed by atoms with Crippen LogP contribution in [-0.2, 0) is 0 Å². The SMILES string of the molecule is CC1CCN(c2cc3c(o2)C(=O)c2ccccc2C3=O)CC1. The minimum Gasteiger partial charge on any atom is -0.436 e. The summed E-state index contributed by atoms with van der Waals surface area (Å²) in [5.74, 6) is 1.24. The van der Waals surface area contributed by atoms with Gasteiger partial charge in [0, 0.05) is 30.3 Å². The Kier molecular flexibility index (Phi) is 2.93. The average Bonchev–Trinajstić information content (AvgIpc) is 2.99. The van der Waals surface area contributed by atoms with Crippen LogP contribution in [0.1, 0.15) is 51.8 Å². The fourth-order valence-corrected chi connectivity index (χ4v) is 3.25. The lowest BCUT2D eigenvalue weighted by atomic mass is 9.89. The van der Waals surface area contributed by atoms with Crippen molar-refractivity contribution in [2.24, 2.45) is 5.92 Å². The molecule has 112 valence electrons. The number of carbonyl (C=O) groups excluding carboxylic acids is 2. The standard InChI is InChI=1S/C18H17NO3/c1-11-6-8-19(9-7-11)15-10-14-16(20)12-4-2-3-5-13(12)17(21)18(14)22-15/h2-5,10-11H,6-9H2,1H3. The van der Waals surface area contributed by atoms with Gasteiger partial charge in [-0.15, -0.1) is 0 Å². The van der Waals surface area contributed by atoms with E-state index in [1.54, 1.807) is 30.3 Å². The first-order chi connectivity index (χ1) is 10.6. The molecule has 1 aliphatic heterocycles. The number of hydrogen-bond acceptors (Lipinski definition) is 4. The van der Waals surface area contributed by atoms with Gasteiger partial charge in [-0.2, -0.15) is 0 Å². The Bertz CT molecular complexity index is 714. The molecule has 2 aromatic rings. The Hall–Kier alpha value is -2.36. The lowest BCUT2D eigenvalue weighted by Crippen LogP contribution is -2.32. The molecule has 1 fully saturated rings. The average molecular weight is 295 g/mol. The third-order valence-electron chi connectivity index (χ3n) is 4.68. The van der Waals surface area contributed by atoms with Crippen LogP contribution in [0.3, 0.4) is 0 Å². The van der Waals surface area contributed by atoms with Crippen LogP contribution in [0.15, 0.2) is 34.7 Å². The molecule has 22 heavy (non-hydrogen) atoms. The molecule has 4 heteroatoms. The molecule has 0 saturated carbocycles. The fourth-order valence-electron chi connectivity index (χ4n) is 3.25. The van der Waals surface area contributed by atoms with Crippen molar-refractivity contribution < 1.29 is 14.0 Å². The number of nitrogens with zero attached hydrogens (tertiary/aromatic N) is 1. The first-order valence-corrected chi connectivity index (χ1v) is 7.72. The van der Waals surface area contributed by atoms with Gasteiger partial charge in [-0.3, -0.25) is 9.59 Å². The summed E-state index contributed by atoms with van der Waals surface area (Å²) < 4.78 is 5.78. The molecule has 1 saturated heterocycles. The third kappa shape index (κ3) is 1.90. The predicted octanol–water partition coefficient (Wildman–Crippen LogP) is 3.29. The zero-order chi connectivity index (χ0) is 15.3. The van der Waals surface area contributed by atoms with Gasteiger partial charge in [0.15, 0.2) is 17.4 Å². The van der Waals surface area contributed by atoms with E-state index in [1.165, 1.54) is 0 Å². The van der Waals surface area contributed by atoms with Gasteiger partial charge in [0.1, 0.15) is 0 Å². The van der Waals surface area contributed by atoms with Gasteiger partial charge in [-0.25, -0.2) is 0 Å². The summed E-state index contributed by atoms with van der Waals surface area (Å²) in [6, 6.07) is 8.67. The highest BCUT2D eigenvalue weighted by molar-refractivity contribution is 6.27. The number of rotatable bonds is 1. The second-order valence-electron chi connectivity index (χ2n) is 6.20. The summed E-state index contributed by atoms with van der Waals surface area (Å²) >= 11 is 0. The minimum absolute atomic E-state index is 0.120. The molecule has 1 aliphatic carbocycles. The Labute approximate surface area is 128 Å². The molecule has 1 aromatic carbocycles. The van der Waals surface area contributed by atoms with Crippen molar-refractivity contribution in [3.63, 3.8) is 0 Å². The maximum absolute atomic E-state index is 12.6. The molecule has 0 spiro atoms. The van der Waals surface area contributed by atoms with E-state index in [0.29, 0.717) is 28.5 Å². The summed E-state index contributed by atoms with van der Waals surface area (Å²) in [6.07, 6.45) is 2.21. The summed E-state index contributed by atoms with van der Waals surface area (Å²) in [4.78, 5) is 27.2. The van der Waals surface area contributed by atoms with Crippen LogP contribution in [0.25, 0.3) is 0 Å². The van der Waals surface area contributed by atoms with Crippen molar-refractivity contribution in [1.82, 2.24) is 0 Å². The summed E-state index contributed by atoms with van der Waals surface area (Å²) in [7, 11) is 0. The Morgan fingerprint density at radius 3 is 2.32 bits per heavy atom. The molecular formula is C18H17NO3. The summed E-state index contributed by atoms with van der Waals surface area (Å²) in [5.41, 5.74) is 1.31. The van der Waals surface area contributed by atoms with E-state index in [4.69, 9.17) is 4.42 Å².